The van der Waals surface area contributed by atoms with Crippen LogP contribution in [0.1, 0.15) is 73.5 Å². The molecule has 1 aliphatic heterocycles. The van der Waals surface area contributed by atoms with Crippen molar-refractivity contribution in [2.75, 3.05) is 31.1 Å². The van der Waals surface area contributed by atoms with E-state index in [1.807, 2.05) is 11.3 Å². The summed E-state index contributed by atoms with van der Waals surface area (Å²) in [6, 6.07) is 0. The molecular weight excluding hydrogens is 380 g/mol. The summed E-state index contributed by atoms with van der Waals surface area (Å²) in [5.74, 6) is 3.51. The number of hydrogen-bond acceptors (Lipinski definition) is 5. The van der Waals surface area contributed by atoms with Crippen LogP contribution in [0.2, 0.25) is 0 Å². The van der Waals surface area contributed by atoms with Crippen molar-refractivity contribution in [2.24, 2.45) is 5.92 Å². The second kappa shape index (κ2) is 7.22. The minimum absolute atomic E-state index is 0.307. The lowest BCUT2D eigenvalue weighted by Gasteiger charge is -2.39. The van der Waals surface area contributed by atoms with Gasteiger partial charge < -0.3 is 9.80 Å². The molecule has 3 fully saturated rings. The molecular formula is C23H30N4OS. The number of hydrogen-bond donors (Lipinski definition) is 0. The number of aromatic nitrogens is 2. The topological polar surface area (TPSA) is 49.3 Å². The summed E-state index contributed by atoms with van der Waals surface area (Å²) in [6.07, 6.45) is 12.2. The Bertz CT molecular complexity index is 938. The van der Waals surface area contributed by atoms with Gasteiger partial charge in [0.05, 0.1) is 5.39 Å². The highest BCUT2D eigenvalue weighted by atomic mass is 32.1. The van der Waals surface area contributed by atoms with E-state index in [4.69, 9.17) is 9.97 Å². The fourth-order valence-corrected chi connectivity index (χ4v) is 6.40. The van der Waals surface area contributed by atoms with Crippen LogP contribution in [-0.2, 0) is 17.6 Å². The number of thiophene rings is 1. The Morgan fingerprint density at radius 2 is 1.69 bits per heavy atom. The van der Waals surface area contributed by atoms with Crippen molar-refractivity contribution in [3.63, 3.8) is 0 Å². The molecule has 1 amide bonds. The monoisotopic (exact) mass is 410 g/mol. The molecule has 2 aromatic rings. The van der Waals surface area contributed by atoms with E-state index >= 15 is 0 Å². The van der Waals surface area contributed by atoms with E-state index in [9.17, 15) is 4.79 Å². The van der Waals surface area contributed by atoms with Crippen molar-refractivity contribution in [1.29, 1.82) is 0 Å². The van der Waals surface area contributed by atoms with Crippen LogP contribution in [0, 0.1) is 5.92 Å². The summed E-state index contributed by atoms with van der Waals surface area (Å²) in [4.78, 5) is 30.2. The van der Waals surface area contributed by atoms with E-state index in [1.54, 1.807) is 4.88 Å². The number of piperazine rings is 1. The van der Waals surface area contributed by atoms with Crippen LogP contribution in [0.4, 0.5) is 5.82 Å². The van der Waals surface area contributed by atoms with E-state index in [0.717, 1.165) is 44.8 Å². The molecule has 0 bridgehead atoms. The molecule has 154 valence electrons. The highest BCUT2D eigenvalue weighted by molar-refractivity contribution is 7.19. The molecule has 3 aliphatic carbocycles. The third-order valence-corrected chi connectivity index (χ3v) is 8.54. The lowest BCUT2D eigenvalue weighted by atomic mass is 9.84. The Labute approximate surface area is 176 Å². The zero-order valence-corrected chi connectivity index (χ0v) is 18.0. The molecule has 0 atom stereocenters. The van der Waals surface area contributed by atoms with Crippen LogP contribution in [-0.4, -0.2) is 47.0 Å². The lowest BCUT2D eigenvalue weighted by molar-refractivity contribution is -0.138. The zero-order chi connectivity index (χ0) is 19.4. The predicted octanol–water partition coefficient (Wildman–Crippen LogP) is 4.29. The van der Waals surface area contributed by atoms with E-state index in [2.05, 4.69) is 9.80 Å². The molecule has 0 unspecified atom stereocenters. The van der Waals surface area contributed by atoms with Crippen molar-refractivity contribution in [2.45, 2.75) is 70.1 Å². The standard InChI is InChI=1S/C23H30N4OS/c28-23(16-5-4-6-16)27-13-11-26(12-14-27)21-19-17-7-2-1-3-8-18(17)29-22(19)25-20(24-21)15-9-10-15/h15-16H,1-14H2. The van der Waals surface area contributed by atoms with Gasteiger partial charge in [0, 0.05) is 42.9 Å². The minimum atomic E-state index is 0.307. The first-order valence-corrected chi connectivity index (χ1v) is 12.5. The Balaban J connectivity index is 1.33. The minimum Gasteiger partial charge on any atom is -0.352 e. The summed E-state index contributed by atoms with van der Waals surface area (Å²) in [5.41, 5.74) is 1.54. The van der Waals surface area contributed by atoms with Crippen molar-refractivity contribution in [1.82, 2.24) is 14.9 Å². The smallest absolute Gasteiger partial charge is 0.225 e. The van der Waals surface area contributed by atoms with Crippen molar-refractivity contribution < 1.29 is 4.79 Å². The summed E-state index contributed by atoms with van der Waals surface area (Å²) in [6.45, 7) is 3.48. The first kappa shape index (κ1) is 18.1. The van der Waals surface area contributed by atoms with Gasteiger partial charge in [0.15, 0.2) is 0 Å². The quantitative estimate of drug-likeness (QED) is 0.709. The average Bonchev–Trinajstić information content (AvgIpc) is 3.51. The number of nitrogens with zero attached hydrogens (tertiary/aromatic N) is 4. The third-order valence-electron chi connectivity index (χ3n) is 7.35. The summed E-state index contributed by atoms with van der Waals surface area (Å²) in [7, 11) is 0. The molecule has 0 N–H and O–H groups in total. The van der Waals surface area contributed by atoms with Gasteiger partial charge in [-0.25, -0.2) is 9.97 Å². The highest BCUT2D eigenvalue weighted by Gasteiger charge is 2.34. The summed E-state index contributed by atoms with van der Waals surface area (Å²) in [5, 5.41) is 1.34. The van der Waals surface area contributed by atoms with E-state index < -0.39 is 0 Å². The lowest BCUT2D eigenvalue weighted by Crippen LogP contribution is -2.51. The van der Waals surface area contributed by atoms with Crippen LogP contribution < -0.4 is 4.90 Å². The molecule has 0 radical (unpaired) electrons. The van der Waals surface area contributed by atoms with Crippen LogP contribution in [0.15, 0.2) is 0 Å². The van der Waals surface area contributed by atoms with Crippen molar-refractivity contribution >= 4 is 33.3 Å². The maximum atomic E-state index is 12.7. The molecule has 0 aromatic carbocycles. The first-order chi connectivity index (χ1) is 14.3. The normalized spacial score (nSPS) is 23.0. The highest BCUT2D eigenvalue weighted by Crippen LogP contribution is 2.44. The Hall–Kier alpha value is -1.69. The SMILES string of the molecule is O=C(C1CCC1)N1CCN(c2nc(C3CC3)nc3sc4c(c23)CCCCC4)CC1. The van der Waals surface area contributed by atoms with Gasteiger partial charge in [-0.05, 0) is 56.9 Å². The van der Waals surface area contributed by atoms with Crippen LogP contribution in [0.3, 0.4) is 0 Å². The molecule has 1 saturated heterocycles. The molecule has 29 heavy (non-hydrogen) atoms. The number of carbonyl (C=O) groups excluding carboxylic acids is 1. The van der Waals surface area contributed by atoms with Crippen LogP contribution in [0.5, 0.6) is 0 Å². The molecule has 6 heteroatoms. The molecule has 2 aromatic heterocycles. The maximum absolute atomic E-state index is 12.7. The largest absolute Gasteiger partial charge is 0.352 e. The Morgan fingerprint density at radius 1 is 0.897 bits per heavy atom. The number of fused-ring (bicyclic) bond motifs is 3. The number of anilines is 1. The van der Waals surface area contributed by atoms with Gasteiger partial charge in [0.2, 0.25) is 5.91 Å². The second-order valence-electron chi connectivity index (χ2n) is 9.36. The number of rotatable bonds is 3. The van der Waals surface area contributed by atoms with Gasteiger partial charge in [-0.3, -0.25) is 4.79 Å². The van der Waals surface area contributed by atoms with Gasteiger partial charge in [0.1, 0.15) is 16.5 Å². The van der Waals surface area contributed by atoms with Crippen LogP contribution >= 0.6 is 11.3 Å². The van der Waals surface area contributed by atoms with Gasteiger partial charge in [-0.15, -0.1) is 11.3 Å². The fraction of sp³-hybridized carbons (Fsp3) is 0.696. The van der Waals surface area contributed by atoms with Crippen LogP contribution in [0.25, 0.3) is 10.2 Å². The van der Waals surface area contributed by atoms with Crippen molar-refractivity contribution in [3.8, 4) is 0 Å². The number of amides is 1. The van der Waals surface area contributed by atoms with E-state index in [1.165, 1.54) is 73.0 Å². The Morgan fingerprint density at radius 3 is 2.41 bits per heavy atom. The van der Waals surface area contributed by atoms with Gasteiger partial charge in [0.25, 0.3) is 0 Å². The summed E-state index contributed by atoms with van der Waals surface area (Å²) < 4.78 is 0. The Kier molecular flexibility index (Phi) is 4.51. The molecule has 5 nitrogen and oxygen atoms in total. The molecule has 4 aliphatic rings. The van der Waals surface area contributed by atoms with Crippen molar-refractivity contribution in [3.05, 3.63) is 16.3 Å². The van der Waals surface area contributed by atoms with Gasteiger partial charge in [-0.2, -0.15) is 0 Å². The predicted molar refractivity (Wildman–Crippen MR) is 117 cm³/mol. The third kappa shape index (κ3) is 3.24. The molecule has 3 heterocycles. The molecule has 0 spiro atoms. The maximum Gasteiger partial charge on any atom is 0.225 e. The zero-order valence-electron chi connectivity index (χ0n) is 17.2. The fourth-order valence-electron chi connectivity index (χ4n) is 5.14. The van der Waals surface area contributed by atoms with E-state index in [-0.39, 0.29) is 0 Å². The second-order valence-corrected chi connectivity index (χ2v) is 10.4. The summed E-state index contributed by atoms with van der Waals surface area (Å²) >= 11 is 1.93. The van der Waals surface area contributed by atoms with Gasteiger partial charge >= 0.3 is 0 Å². The average molecular weight is 411 g/mol. The van der Waals surface area contributed by atoms with E-state index in [0.29, 0.717) is 17.7 Å². The number of carbonyl (C=O) groups is 1. The molecule has 2 saturated carbocycles. The first-order valence-electron chi connectivity index (χ1n) is 11.6. The number of aryl methyl sites for hydroxylation is 2. The van der Waals surface area contributed by atoms with Gasteiger partial charge in [-0.1, -0.05) is 12.8 Å². The molecule has 6 rings (SSSR count).